The molecule has 19 heavy (non-hydrogen) atoms. The molecular formula is C15H21NO3. The maximum atomic E-state index is 10.9. The van der Waals surface area contributed by atoms with Crippen molar-refractivity contribution in [3.8, 4) is 5.75 Å². The van der Waals surface area contributed by atoms with Crippen LogP contribution in [0.25, 0.3) is 0 Å². The fraction of sp³-hybridized carbons (Fsp3) is 0.533. The number of rotatable bonds is 5. The first-order valence-corrected chi connectivity index (χ1v) is 6.64. The van der Waals surface area contributed by atoms with Crippen LogP contribution in [-0.4, -0.2) is 44.6 Å². The largest absolute Gasteiger partial charge is 0.496 e. The highest BCUT2D eigenvalue weighted by molar-refractivity contribution is 5.75. The molecule has 1 aliphatic heterocycles. The van der Waals surface area contributed by atoms with Gasteiger partial charge in [-0.2, -0.15) is 0 Å². The van der Waals surface area contributed by atoms with Crippen molar-refractivity contribution in [2.75, 3.05) is 27.3 Å². The van der Waals surface area contributed by atoms with Crippen LogP contribution in [0.2, 0.25) is 0 Å². The second kappa shape index (κ2) is 6.68. The molecule has 4 heteroatoms. The Morgan fingerprint density at radius 1 is 1.42 bits per heavy atom. The van der Waals surface area contributed by atoms with Crippen molar-refractivity contribution in [2.24, 2.45) is 0 Å². The monoisotopic (exact) mass is 263 g/mol. The van der Waals surface area contributed by atoms with E-state index in [4.69, 9.17) is 9.47 Å². The number of hydrogen-bond donors (Lipinski definition) is 0. The van der Waals surface area contributed by atoms with Crippen LogP contribution in [0.4, 0.5) is 0 Å². The molecule has 2 rings (SSSR count). The van der Waals surface area contributed by atoms with Crippen molar-refractivity contribution in [2.45, 2.75) is 25.5 Å². The number of nitrogens with zero attached hydrogens (tertiary/aromatic N) is 1. The summed E-state index contributed by atoms with van der Waals surface area (Å²) in [6.07, 6.45) is 3.46. The predicted octanol–water partition coefficient (Wildman–Crippen LogP) is 2.12. The molecule has 0 spiro atoms. The zero-order valence-corrected chi connectivity index (χ0v) is 11.6. The summed E-state index contributed by atoms with van der Waals surface area (Å²) in [5.41, 5.74) is 1.75. The number of ether oxygens (including phenoxy) is 2. The lowest BCUT2D eigenvalue weighted by atomic mass is 10.1. The maximum absolute atomic E-state index is 10.9. The van der Waals surface area contributed by atoms with Gasteiger partial charge >= 0.3 is 0 Å². The minimum atomic E-state index is 0.314. The molecular weight excluding hydrogens is 242 g/mol. The Kier molecular flexibility index (Phi) is 4.93. The zero-order chi connectivity index (χ0) is 13.7. The van der Waals surface area contributed by atoms with E-state index in [0.717, 1.165) is 50.1 Å². The Labute approximate surface area is 114 Å². The van der Waals surface area contributed by atoms with Crippen molar-refractivity contribution in [1.29, 1.82) is 0 Å². The van der Waals surface area contributed by atoms with Crippen molar-refractivity contribution < 1.29 is 14.3 Å². The molecule has 0 aromatic heterocycles. The second-order valence-electron chi connectivity index (χ2n) is 4.92. The number of hydrogen-bond acceptors (Lipinski definition) is 4. The molecule has 0 amide bonds. The second-order valence-corrected chi connectivity index (χ2v) is 4.92. The lowest BCUT2D eigenvalue weighted by Crippen LogP contribution is -2.38. The molecule has 0 radical (unpaired) electrons. The van der Waals surface area contributed by atoms with Gasteiger partial charge in [0, 0.05) is 31.3 Å². The van der Waals surface area contributed by atoms with E-state index < -0.39 is 0 Å². The molecule has 104 valence electrons. The Bertz CT molecular complexity index is 433. The average Bonchev–Trinajstić information content (AvgIpc) is 2.47. The molecule has 0 N–H and O–H groups in total. The molecule has 0 bridgehead atoms. The van der Waals surface area contributed by atoms with Crippen LogP contribution in [0, 0.1) is 0 Å². The summed E-state index contributed by atoms with van der Waals surface area (Å²) < 4.78 is 10.8. The summed E-state index contributed by atoms with van der Waals surface area (Å²) in [6, 6.07) is 5.54. The number of methoxy groups -OCH3 is 2. The van der Waals surface area contributed by atoms with Gasteiger partial charge in [0.2, 0.25) is 0 Å². The SMILES string of the molecule is COc1ccc(C=O)cc1CN1CCCC(OC)C1. The van der Waals surface area contributed by atoms with E-state index in [-0.39, 0.29) is 0 Å². The summed E-state index contributed by atoms with van der Waals surface area (Å²) in [5.74, 6) is 0.838. The van der Waals surface area contributed by atoms with Crippen LogP contribution in [0.15, 0.2) is 18.2 Å². The van der Waals surface area contributed by atoms with E-state index in [1.807, 2.05) is 12.1 Å². The van der Waals surface area contributed by atoms with Gasteiger partial charge in [-0.25, -0.2) is 0 Å². The first-order valence-electron chi connectivity index (χ1n) is 6.64. The molecule has 1 aromatic carbocycles. The quantitative estimate of drug-likeness (QED) is 0.763. The number of piperidine rings is 1. The molecule has 0 aliphatic carbocycles. The number of carbonyl (C=O) groups is 1. The third kappa shape index (κ3) is 3.55. The minimum absolute atomic E-state index is 0.314. The first-order chi connectivity index (χ1) is 9.26. The van der Waals surface area contributed by atoms with E-state index in [1.54, 1.807) is 20.3 Å². The number of carbonyl (C=O) groups excluding carboxylic acids is 1. The van der Waals surface area contributed by atoms with Gasteiger partial charge in [0.25, 0.3) is 0 Å². The average molecular weight is 263 g/mol. The van der Waals surface area contributed by atoms with Crippen LogP contribution in [-0.2, 0) is 11.3 Å². The van der Waals surface area contributed by atoms with Gasteiger partial charge in [0.1, 0.15) is 12.0 Å². The van der Waals surface area contributed by atoms with E-state index >= 15 is 0 Å². The molecule has 1 atom stereocenters. The van der Waals surface area contributed by atoms with Crippen molar-refractivity contribution in [1.82, 2.24) is 4.90 Å². The normalized spacial score (nSPS) is 20.2. The third-order valence-electron chi connectivity index (χ3n) is 3.63. The molecule has 1 heterocycles. The van der Waals surface area contributed by atoms with Crippen LogP contribution in [0.5, 0.6) is 5.75 Å². The van der Waals surface area contributed by atoms with Gasteiger partial charge < -0.3 is 9.47 Å². The molecule has 1 aliphatic rings. The van der Waals surface area contributed by atoms with Crippen molar-refractivity contribution >= 4 is 6.29 Å². The Morgan fingerprint density at radius 3 is 2.95 bits per heavy atom. The fourth-order valence-corrected chi connectivity index (χ4v) is 2.59. The summed E-state index contributed by atoms with van der Waals surface area (Å²) in [4.78, 5) is 13.2. The Balaban J connectivity index is 2.10. The summed E-state index contributed by atoms with van der Waals surface area (Å²) in [6.45, 7) is 2.80. The van der Waals surface area contributed by atoms with Gasteiger partial charge in [-0.1, -0.05) is 0 Å². The molecule has 1 aromatic rings. The van der Waals surface area contributed by atoms with E-state index in [9.17, 15) is 4.79 Å². The van der Waals surface area contributed by atoms with Gasteiger partial charge in [-0.15, -0.1) is 0 Å². The first kappa shape index (κ1) is 14.0. The predicted molar refractivity (Wildman–Crippen MR) is 73.7 cm³/mol. The van der Waals surface area contributed by atoms with Crippen molar-refractivity contribution in [3.63, 3.8) is 0 Å². The van der Waals surface area contributed by atoms with E-state index in [2.05, 4.69) is 4.90 Å². The molecule has 1 fully saturated rings. The molecule has 1 saturated heterocycles. The molecule has 0 saturated carbocycles. The smallest absolute Gasteiger partial charge is 0.150 e. The standard InChI is InChI=1S/C15H21NO3/c1-18-14-4-3-7-16(10-14)9-13-8-12(11-17)5-6-15(13)19-2/h5-6,8,11,14H,3-4,7,9-10H2,1-2H3. The van der Waals surface area contributed by atoms with Crippen LogP contribution < -0.4 is 4.74 Å². The van der Waals surface area contributed by atoms with Gasteiger partial charge in [-0.05, 0) is 37.6 Å². The maximum Gasteiger partial charge on any atom is 0.150 e. The Morgan fingerprint density at radius 2 is 2.26 bits per heavy atom. The number of benzene rings is 1. The van der Waals surface area contributed by atoms with Crippen LogP contribution in [0.1, 0.15) is 28.8 Å². The van der Waals surface area contributed by atoms with Crippen LogP contribution in [0.3, 0.4) is 0 Å². The highest BCUT2D eigenvalue weighted by atomic mass is 16.5. The summed E-state index contributed by atoms with van der Waals surface area (Å²) in [7, 11) is 3.43. The number of likely N-dealkylation sites (tertiary alicyclic amines) is 1. The van der Waals surface area contributed by atoms with Gasteiger partial charge in [-0.3, -0.25) is 9.69 Å². The van der Waals surface area contributed by atoms with Gasteiger partial charge in [0.15, 0.2) is 0 Å². The fourth-order valence-electron chi connectivity index (χ4n) is 2.59. The zero-order valence-electron chi connectivity index (χ0n) is 11.6. The van der Waals surface area contributed by atoms with Crippen LogP contribution >= 0.6 is 0 Å². The lowest BCUT2D eigenvalue weighted by Gasteiger charge is -2.32. The van der Waals surface area contributed by atoms with Gasteiger partial charge in [0.05, 0.1) is 13.2 Å². The minimum Gasteiger partial charge on any atom is -0.496 e. The Hall–Kier alpha value is -1.39. The highest BCUT2D eigenvalue weighted by Gasteiger charge is 2.20. The van der Waals surface area contributed by atoms with E-state index in [0.29, 0.717) is 11.7 Å². The highest BCUT2D eigenvalue weighted by Crippen LogP contribution is 2.23. The topological polar surface area (TPSA) is 38.8 Å². The van der Waals surface area contributed by atoms with Crippen molar-refractivity contribution in [3.05, 3.63) is 29.3 Å². The summed E-state index contributed by atoms with van der Waals surface area (Å²) >= 11 is 0. The number of aldehydes is 1. The molecule has 1 unspecified atom stereocenters. The van der Waals surface area contributed by atoms with E-state index in [1.165, 1.54) is 0 Å². The third-order valence-corrected chi connectivity index (χ3v) is 3.63. The lowest BCUT2D eigenvalue weighted by molar-refractivity contribution is 0.0283. The summed E-state index contributed by atoms with van der Waals surface area (Å²) in [5, 5.41) is 0. The molecule has 4 nitrogen and oxygen atoms in total.